The standard InChI is InChI=1S/C20H32N4O/c1-21-20(22-15-17-7-6-12-23(2)16-17)24-13-10-19(11-14-24)25-18-8-4-3-5-9-18/h3-5,8-9,17,19H,6-7,10-16H2,1-2H3,(H,21,22). The number of hydrogen-bond acceptors (Lipinski definition) is 3. The summed E-state index contributed by atoms with van der Waals surface area (Å²) in [5.41, 5.74) is 0. The molecule has 138 valence electrons. The van der Waals surface area contributed by atoms with Crippen LogP contribution in [0.1, 0.15) is 25.7 Å². The molecule has 1 unspecified atom stereocenters. The maximum Gasteiger partial charge on any atom is 0.193 e. The third-order valence-electron chi connectivity index (χ3n) is 5.27. The van der Waals surface area contributed by atoms with Crippen molar-refractivity contribution in [2.24, 2.45) is 10.9 Å². The second-order valence-electron chi connectivity index (χ2n) is 7.32. The van der Waals surface area contributed by atoms with Crippen LogP contribution in [0.15, 0.2) is 35.3 Å². The number of likely N-dealkylation sites (tertiary alicyclic amines) is 2. The quantitative estimate of drug-likeness (QED) is 0.673. The Kier molecular flexibility index (Phi) is 6.56. The average Bonchev–Trinajstić information content (AvgIpc) is 2.64. The van der Waals surface area contributed by atoms with Gasteiger partial charge in [-0.15, -0.1) is 0 Å². The second-order valence-corrected chi connectivity index (χ2v) is 7.32. The molecule has 2 saturated heterocycles. The third-order valence-corrected chi connectivity index (χ3v) is 5.27. The number of ether oxygens (including phenoxy) is 1. The topological polar surface area (TPSA) is 40.1 Å². The predicted molar refractivity (Wildman–Crippen MR) is 103 cm³/mol. The molecular weight excluding hydrogens is 312 g/mol. The molecule has 0 amide bonds. The lowest BCUT2D eigenvalue weighted by Gasteiger charge is -2.35. The monoisotopic (exact) mass is 344 g/mol. The Morgan fingerprint density at radius 3 is 2.60 bits per heavy atom. The molecule has 0 radical (unpaired) electrons. The molecule has 1 atom stereocenters. The highest BCUT2D eigenvalue weighted by atomic mass is 16.5. The van der Waals surface area contributed by atoms with E-state index in [0.29, 0.717) is 6.10 Å². The zero-order chi connectivity index (χ0) is 17.5. The molecule has 0 aromatic heterocycles. The van der Waals surface area contributed by atoms with E-state index in [0.717, 1.165) is 50.1 Å². The Bertz CT molecular complexity index is 540. The molecule has 5 nitrogen and oxygen atoms in total. The van der Waals surface area contributed by atoms with Gasteiger partial charge >= 0.3 is 0 Å². The van der Waals surface area contributed by atoms with Gasteiger partial charge in [-0.1, -0.05) is 18.2 Å². The summed E-state index contributed by atoms with van der Waals surface area (Å²) in [6.45, 7) is 5.46. The minimum Gasteiger partial charge on any atom is -0.490 e. The summed E-state index contributed by atoms with van der Waals surface area (Å²) >= 11 is 0. The van der Waals surface area contributed by atoms with Gasteiger partial charge in [0.05, 0.1) is 0 Å². The van der Waals surface area contributed by atoms with E-state index >= 15 is 0 Å². The van der Waals surface area contributed by atoms with Gasteiger partial charge in [0.25, 0.3) is 0 Å². The molecule has 1 N–H and O–H groups in total. The van der Waals surface area contributed by atoms with Gasteiger partial charge in [0.2, 0.25) is 0 Å². The number of aliphatic imine (C=N–C) groups is 1. The molecule has 0 aliphatic carbocycles. The Hall–Kier alpha value is -1.75. The minimum absolute atomic E-state index is 0.309. The van der Waals surface area contributed by atoms with Crippen molar-refractivity contribution in [3.63, 3.8) is 0 Å². The highest BCUT2D eigenvalue weighted by Crippen LogP contribution is 2.19. The van der Waals surface area contributed by atoms with Crippen LogP contribution in [-0.2, 0) is 0 Å². The lowest BCUT2D eigenvalue weighted by atomic mass is 9.98. The van der Waals surface area contributed by atoms with Crippen molar-refractivity contribution in [1.29, 1.82) is 0 Å². The summed E-state index contributed by atoms with van der Waals surface area (Å²) in [4.78, 5) is 9.31. The van der Waals surface area contributed by atoms with Crippen molar-refractivity contribution in [3.05, 3.63) is 30.3 Å². The van der Waals surface area contributed by atoms with Crippen LogP contribution < -0.4 is 10.1 Å². The van der Waals surface area contributed by atoms with E-state index in [2.05, 4.69) is 27.2 Å². The lowest BCUT2D eigenvalue weighted by Crippen LogP contribution is -2.49. The van der Waals surface area contributed by atoms with Crippen molar-refractivity contribution in [2.75, 3.05) is 46.8 Å². The van der Waals surface area contributed by atoms with Gasteiger partial charge < -0.3 is 19.9 Å². The zero-order valence-electron chi connectivity index (χ0n) is 15.7. The number of nitrogens with zero attached hydrogens (tertiary/aromatic N) is 3. The molecule has 2 aliphatic heterocycles. The minimum atomic E-state index is 0.309. The number of benzene rings is 1. The van der Waals surface area contributed by atoms with Crippen LogP contribution in [0.3, 0.4) is 0 Å². The van der Waals surface area contributed by atoms with E-state index in [1.54, 1.807) is 0 Å². The molecule has 5 heteroatoms. The van der Waals surface area contributed by atoms with Crippen molar-refractivity contribution in [1.82, 2.24) is 15.1 Å². The van der Waals surface area contributed by atoms with Crippen LogP contribution in [0.4, 0.5) is 0 Å². The van der Waals surface area contributed by atoms with Gasteiger partial charge in [-0.2, -0.15) is 0 Å². The first-order valence-corrected chi connectivity index (χ1v) is 9.60. The Morgan fingerprint density at radius 1 is 1.16 bits per heavy atom. The fourth-order valence-electron chi connectivity index (χ4n) is 3.88. The molecule has 0 saturated carbocycles. The maximum atomic E-state index is 6.09. The van der Waals surface area contributed by atoms with E-state index in [-0.39, 0.29) is 0 Å². The first-order chi connectivity index (χ1) is 12.2. The van der Waals surface area contributed by atoms with Crippen molar-refractivity contribution >= 4 is 5.96 Å². The number of nitrogens with one attached hydrogen (secondary N) is 1. The number of hydrogen-bond donors (Lipinski definition) is 1. The largest absolute Gasteiger partial charge is 0.490 e. The average molecular weight is 345 g/mol. The summed E-state index contributed by atoms with van der Waals surface area (Å²) in [6.07, 6.45) is 5.03. The third kappa shape index (κ3) is 5.36. The Morgan fingerprint density at radius 2 is 1.92 bits per heavy atom. The van der Waals surface area contributed by atoms with Crippen LogP contribution in [0, 0.1) is 5.92 Å². The summed E-state index contributed by atoms with van der Waals surface area (Å²) < 4.78 is 6.09. The van der Waals surface area contributed by atoms with E-state index in [1.807, 2.05) is 37.4 Å². The first-order valence-electron chi connectivity index (χ1n) is 9.60. The van der Waals surface area contributed by atoms with Crippen LogP contribution in [0.2, 0.25) is 0 Å². The van der Waals surface area contributed by atoms with Gasteiger partial charge in [0, 0.05) is 46.1 Å². The molecule has 2 heterocycles. The van der Waals surface area contributed by atoms with Gasteiger partial charge in [-0.25, -0.2) is 0 Å². The van der Waals surface area contributed by atoms with Crippen molar-refractivity contribution in [2.45, 2.75) is 31.8 Å². The number of piperidine rings is 2. The molecule has 25 heavy (non-hydrogen) atoms. The number of para-hydroxylation sites is 1. The molecule has 0 spiro atoms. The van der Waals surface area contributed by atoms with Crippen molar-refractivity contribution in [3.8, 4) is 5.75 Å². The number of rotatable bonds is 4. The van der Waals surface area contributed by atoms with Gasteiger partial charge in [-0.3, -0.25) is 4.99 Å². The number of guanidine groups is 1. The van der Waals surface area contributed by atoms with Gasteiger partial charge in [0.1, 0.15) is 11.9 Å². The highest BCUT2D eigenvalue weighted by Gasteiger charge is 2.24. The summed E-state index contributed by atoms with van der Waals surface area (Å²) in [6, 6.07) is 10.1. The van der Waals surface area contributed by atoms with Crippen molar-refractivity contribution < 1.29 is 4.74 Å². The highest BCUT2D eigenvalue weighted by molar-refractivity contribution is 5.80. The fourth-order valence-corrected chi connectivity index (χ4v) is 3.88. The summed E-state index contributed by atoms with van der Waals surface area (Å²) in [5, 5.41) is 3.60. The van der Waals surface area contributed by atoms with Crippen LogP contribution in [-0.4, -0.2) is 68.7 Å². The fraction of sp³-hybridized carbons (Fsp3) is 0.650. The van der Waals surface area contributed by atoms with Crippen LogP contribution in [0.25, 0.3) is 0 Å². The van der Waals surface area contributed by atoms with Gasteiger partial charge in [0.15, 0.2) is 5.96 Å². The molecule has 0 bridgehead atoms. The maximum absolute atomic E-state index is 6.09. The molecular formula is C20H32N4O. The second kappa shape index (κ2) is 9.09. The van der Waals surface area contributed by atoms with E-state index < -0.39 is 0 Å². The Balaban J connectivity index is 1.42. The molecule has 2 aliphatic rings. The Labute approximate surface area is 152 Å². The molecule has 1 aromatic rings. The zero-order valence-corrected chi connectivity index (χ0v) is 15.7. The summed E-state index contributed by atoms with van der Waals surface area (Å²) in [7, 11) is 4.11. The smallest absolute Gasteiger partial charge is 0.193 e. The first kappa shape index (κ1) is 18.1. The predicted octanol–water partition coefficient (Wildman–Crippen LogP) is 2.45. The van der Waals surface area contributed by atoms with E-state index in [9.17, 15) is 0 Å². The summed E-state index contributed by atoms with van der Waals surface area (Å²) in [5.74, 6) is 2.76. The molecule has 3 rings (SSSR count). The van der Waals surface area contributed by atoms with Crippen LogP contribution >= 0.6 is 0 Å². The van der Waals surface area contributed by atoms with E-state index in [1.165, 1.54) is 25.9 Å². The van der Waals surface area contributed by atoms with E-state index in [4.69, 9.17) is 4.74 Å². The normalized spacial score (nSPS) is 23.5. The van der Waals surface area contributed by atoms with Gasteiger partial charge in [-0.05, 0) is 44.5 Å². The lowest BCUT2D eigenvalue weighted by molar-refractivity contribution is 0.129. The molecule has 2 fully saturated rings. The SMILES string of the molecule is CN=C(NCC1CCCN(C)C1)N1CCC(Oc2ccccc2)CC1. The molecule has 1 aromatic carbocycles. The van der Waals surface area contributed by atoms with Crippen LogP contribution in [0.5, 0.6) is 5.75 Å².